The van der Waals surface area contributed by atoms with E-state index in [1.165, 1.54) is 4.52 Å². The van der Waals surface area contributed by atoms with Gasteiger partial charge in [0.1, 0.15) is 11.4 Å². The van der Waals surface area contributed by atoms with Crippen LogP contribution >= 0.6 is 0 Å². The average Bonchev–Trinajstić information content (AvgIpc) is 3.54. The third-order valence-electron chi connectivity index (χ3n) is 7.90. The van der Waals surface area contributed by atoms with Gasteiger partial charge in [0.2, 0.25) is 5.91 Å². The monoisotopic (exact) mass is 564 g/mol. The maximum atomic E-state index is 13.5. The van der Waals surface area contributed by atoms with Crippen molar-refractivity contribution >= 4 is 34.8 Å². The van der Waals surface area contributed by atoms with E-state index in [1.807, 2.05) is 61.3 Å². The van der Waals surface area contributed by atoms with E-state index in [4.69, 9.17) is 10.7 Å². The van der Waals surface area contributed by atoms with E-state index in [2.05, 4.69) is 27.2 Å². The summed E-state index contributed by atoms with van der Waals surface area (Å²) < 4.78 is 1.46. The largest absolute Gasteiger partial charge is 0.381 e. The first-order valence-electron chi connectivity index (χ1n) is 14.0. The van der Waals surface area contributed by atoms with Crippen LogP contribution in [0.5, 0.6) is 0 Å². The number of anilines is 1. The summed E-state index contributed by atoms with van der Waals surface area (Å²) in [6, 6.07) is 6.60. The summed E-state index contributed by atoms with van der Waals surface area (Å²) >= 11 is 0. The van der Waals surface area contributed by atoms with Crippen molar-refractivity contribution in [1.29, 1.82) is 0 Å². The SMILES string of the molecule is CC(NC(=O)c1c(N)nn2cccnc12)C1=Nc2cccc(C#CCN3CCCC3=O)c2C(O)N1C1(C)C=CC=CC1. The van der Waals surface area contributed by atoms with Gasteiger partial charge in [-0.25, -0.2) is 14.5 Å². The molecule has 1 aromatic carbocycles. The first kappa shape index (κ1) is 27.2. The standard InChI is InChI=1S/C31H32N8O3/c1-20(34-29(41)25-26(32)36-38-19-9-16-33-28(25)38)27-35-22-12-6-10-21(11-7-17-37-18-8-13-23(37)40)24(22)30(42)39(27)31(2)14-4-3-5-15-31/h3-6,9-10,12,14,16,19-20,30,42H,8,13,15,17-18H2,1-2H3,(H2,32,36)(H,34,41). The van der Waals surface area contributed by atoms with E-state index in [0.717, 1.165) is 6.42 Å². The van der Waals surface area contributed by atoms with Gasteiger partial charge < -0.3 is 26.0 Å². The van der Waals surface area contributed by atoms with E-state index in [-0.39, 0.29) is 17.3 Å². The Kier molecular flexibility index (Phi) is 7.00. The average molecular weight is 565 g/mol. The smallest absolute Gasteiger partial charge is 0.259 e. The number of nitrogens with two attached hydrogens (primary N) is 1. The molecular formula is C31H32N8O3. The number of hydrogen-bond acceptors (Lipinski definition) is 8. The number of carbonyl (C=O) groups is 2. The Bertz CT molecular complexity index is 1730. The first-order chi connectivity index (χ1) is 20.3. The second kappa shape index (κ2) is 10.8. The highest BCUT2D eigenvalue weighted by molar-refractivity contribution is 6.06. The lowest BCUT2D eigenvalue weighted by Gasteiger charge is -2.48. The fourth-order valence-corrected chi connectivity index (χ4v) is 5.76. The van der Waals surface area contributed by atoms with Gasteiger partial charge in [0.15, 0.2) is 17.7 Å². The van der Waals surface area contributed by atoms with E-state index in [0.29, 0.717) is 54.2 Å². The number of nitrogens with one attached hydrogen (secondary N) is 1. The van der Waals surface area contributed by atoms with Crippen LogP contribution in [0.25, 0.3) is 5.65 Å². The summed E-state index contributed by atoms with van der Waals surface area (Å²) in [7, 11) is 0. The van der Waals surface area contributed by atoms with E-state index >= 15 is 0 Å². The Morgan fingerprint density at radius 2 is 2.17 bits per heavy atom. The number of fused-ring (bicyclic) bond motifs is 2. The molecule has 4 N–H and O–H groups in total. The second-order valence-corrected chi connectivity index (χ2v) is 10.9. The van der Waals surface area contributed by atoms with Crippen LogP contribution in [0.2, 0.25) is 0 Å². The first-order valence-corrected chi connectivity index (χ1v) is 14.0. The van der Waals surface area contributed by atoms with Crippen molar-refractivity contribution in [1.82, 2.24) is 29.7 Å². The van der Waals surface area contributed by atoms with Gasteiger partial charge in [0, 0.05) is 36.5 Å². The number of carbonyl (C=O) groups excluding carboxylic acids is 2. The summed E-state index contributed by atoms with van der Waals surface area (Å²) in [6.07, 6.45) is 12.1. The zero-order chi connectivity index (χ0) is 29.4. The molecule has 42 heavy (non-hydrogen) atoms. The Morgan fingerprint density at radius 3 is 2.93 bits per heavy atom. The number of hydrogen-bond donors (Lipinski definition) is 3. The molecule has 0 radical (unpaired) electrons. The highest BCUT2D eigenvalue weighted by Crippen LogP contribution is 2.42. The van der Waals surface area contributed by atoms with Crippen molar-refractivity contribution in [2.24, 2.45) is 4.99 Å². The minimum Gasteiger partial charge on any atom is -0.381 e. The Hall–Kier alpha value is -4.95. The number of benzene rings is 1. The number of amidine groups is 1. The molecule has 2 aromatic heterocycles. The van der Waals surface area contributed by atoms with Gasteiger partial charge in [-0.3, -0.25) is 9.59 Å². The third-order valence-corrected chi connectivity index (χ3v) is 7.90. The maximum absolute atomic E-state index is 13.5. The molecule has 0 saturated carbocycles. The number of aromatic nitrogens is 3. The van der Waals surface area contributed by atoms with Crippen molar-refractivity contribution < 1.29 is 14.7 Å². The molecule has 1 fully saturated rings. The lowest BCUT2D eigenvalue weighted by Crippen LogP contribution is -2.57. The molecule has 3 atom stereocenters. The summed E-state index contributed by atoms with van der Waals surface area (Å²) in [5.41, 5.74) is 7.76. The molecule has 11 heteroatoms. The second-order valence-electron chi connectivity index (χ2n) is 10.9. The van der Waals surface area contributed by atoms with Crippen molar-refractivity contribution in [3.63, 3.8) is 0 Å². The Morgan fingerprint density at radius 1 is 1.31 bits per heavy atom. The van der Waals surface area contributed by atoms with Gasteiger partial charge >= 0.3 is 0 Å². The Balaban J connectivity index is 1.37. The third kappa shape index (κ3) is 4.80. The van der Waals surface area contributed by atoms with Crippen LogP contribution in [-0.4, -0.2) is 71.8 Å². The molecule has 1 saturated heterocycles. The van der Waals surface area contributed by atoms with Gasteiger partial charge in [0.05, 0.1) is 23.8 Å². The number of aliphatic hydroxyl groups excluding tert-OH is 1. The van der Waals surface area contributed by atoms with Crippen LogP contribution in [0.1, 0.15) is 60.8 Å². The van der Waals surface area contributed by atoms with E-state index in [1.54, 1.807) is 23.4 Å². The molecule has 3 unspecified atom stereocenters. The lowest BCUT2D eigenvalue weighted by molar-refractivity contribution is -0.127. The van der Waals surface area contributed by atoms with Crippen molar-refractivity contribution in [2.45, 2.75) is 50.9 Å². The topological polar surface area (TPSA) is 141 Å². The fourth-order valence-electron chi connectivity index (χ4n) is 5.76. The van der Waals surface area contributed by atoms with Crippen LogP contribution in [0.15, 0.2) is 66.0 Å². The predicted octanol–water partition coefficient (Wildman–Crippen LogP) is 2.72. The molecule has 6 rings (SSSR count). The van der Waals surface area contributed by atoms with Crippen molar-refractivity contribution in [3.8, 4) is 11.8 Å². The number of allylic oxidation sites excluding steroid dienone is 2. The number of rotatable bonds is 5. The number of nitrogens with zero attached hydrogens (tertiary/aromatic N) is 6. The molecule has 3 aromatic rings. The molecule has 4 heterocycles. The zero-order valence-electron chi connectivity index (χ0n) is 23.5. The van der Waals surface area contributed by atoms with Crippen molar-refractivity contribution in [3.05, 3.63) is 77.7 Å². The summed E-state index contributed by atoms with van der Waals surface area (Å²) in [6.45, 7) is 4.89. The summed E-state index contributed by atoms with van der Waals surface area (Å²) in [5.74, 6) is 6.51. The normalized spacial score (nSPS) is 22.0. The highest BCUT2D eigenvalue weighted by atomic mass is 16.3. The maximum Gasteiger partial charge on any atom is 0.259 e. The minimum absolute atomic E-state index is 0.0670. The molecule has 2 amide bonds. The summed E-state index contributed by atoms with van der Waals surface area (Å²) in [4.78, 5) is 38.4. The van der Waals surface area contributed by atoms with Crippen molar-refractivity contribution in [2.75, 3.05) is 18.8 Å². The predicted molar refractivity (Wildman–Crippen MR) is 159 cm³/mol. The van der Waals surface area contributed by atoms with Crippen LogP contribution in [0, 0.1) is 11.8 Å². The number of likely N-dealkylation sites (tertiary alicyclic amines) is 1. The summed E-state index contributed by atoms with van der Waals surface area (Å²) in [5, 5.41) is 19.2. The van der Waals surface area contributed by atoms with E-state index in [9.17, 15) is 14.7 Å². The minimum atomic E-state index is -1.10. The van der Waals surface area contributed by atoms with Gasteiger partial charge in [0.25, 0.3) is 5.91 Å². The molecule has 3 aliphatic rings. The van der Waals surface area contributed by atoms with Gasteiger partial charge in [-0.1, -0.05) is 42.2 Å². The fraction of sp³-hybridized carbons (Fsp3) is 0.323. The molecular weight excluding hydrogens is 532 g/mol. The highest BCUT2D eigenvalue weighted by Gasteiger charge is 2.42. The molecule has 2 aliphatic heterocycles. The molecule has 1 aliphatic carbocycles. The van der Waals surface area contributed by atoms with Crippen LogP contribution in [0.4, 0.5) is 11.5 Å². The van der Waals surface area contributed by atoms with Gasteiger partial charge in [-0.2, -0.15) is 0 Å². The number of amides is 2. The number of nitrogen functional groups attached to an aromatic ring is 1. The van der Waals surface area contributed by atoms with Crippen LogP contribution < -0.4 is 11.1 Å². The molecule has 0 bridgehead atoms. The quantitative estimate of drug-likeness (QED) is 0.405. The Labute approximate surface area is 243 Å². The van der Waals surface area contributed by atoms with E-state index < -0.39 is 23.7 Å². The van der Waals surface area contributed by atoms with Gasteiger partial charge in [-0.05, 0) is 44.9 Å². The number of aliphatic hydroxyl groups is 1. The van der Waals surface area contributed by atoms with Gasteiger partial charge in [-0.15, -0.1) is 5.10 Å². The van der Waals surface area contributed by atoms with Crippen LogP contribution in [-0.2, 0) is 4.79 Å². The number of aliphatic imine (C=N–C) groups is 1. The lowest BCUT2D eigenvalue weighted by atomic mass is 9.87. The molecule has 11 nitrogen and oxygen atoms in total. The zero-order valence-corrected chi connectivity index (χ0v) is 23.5. The molecule has 0 spiro atoms. The van der Waals surface area contributed by atoms with Crippen LogP contribution in [0.3, 0.4) is 0 Å². The molecule has 214 valence electrons.